The topological polar surface area (TPSA) is 69.6 Å². The molecule has 1 aromatic carbocycles. The highest BCUT2D eigenvalue weighted by molar-refractivity contribution is 7.08. The molecule has 3 aromatic rings. The Balaban J connectivity index is 2.45. The van der Waals surface area contributed by atoms with Crippen LogP contribution in [0.1, 0.15) is 16.7 Å². The quantitative estimate of drug-likeness (QED) is 0.703. The van der Waals surface area contributed by atoms with E-state index in [1.165, 1.54) is 15.9 Å². The number of hydrogen-bond donors (Lipinski definition) is 0. The normalized spacial score (nSPS) is 11.1. The molecule has 0 aliphatic rings. The molecule has 0 aliphatic carbocycles. The molecule has 0 radical (unpaired) electrons. The van der Waals surface area contributed by atoms with Gasteiger partial charge in [0.1, 0.15) is 16.8 Å². The first-order valence-electron chi connectivity index (χ1n) is 7.43. The van der Waals surface area contributed by atoms with Crippen molar-refractivity contribution in [2.24, 2.45) is 0 Å². The summed E-state index contributed by atoms with van der Waals surface area (Å²) in [4.78, 5) is 13.0. The van der Waals surface area contributed by atoms with Gasteiger partial charge < -0.3 is 0 Å². The summed E-state index contributed by atoms with van der Waals surface area (Å²) < 4.78 is 2.33. The molecule has 6 heteroatoms. The average molecular weight is 363 g/mol. The number of nitrogens with zero attached hydrogens (tertiary/aromatic N) is 3. The largest absolute Gasteiger partial charge is 0.273 e. The standard InChI is InChI=1S/C19H13N3OS2/c1-12-3-4-16(13(2)7-12)22-18(23)17(8-14-5-6-24-11-14)25-19(22)15(9-20)10-21/h3-8,11H,1-2H3/b17-8+. The fraction of sp³-hybridized carbons (Fsp3) is 0.105. The van der Waals surface area contributed by atoms with Gasteiger partial charge in [0.05, 0.1) is 10.2 Å². The van der Waals surface area contributed by atoms with Crippen molar-refractivity contribution in [3.63, 3.8) is 0 Å². The van der Waals surface area contributed by atoms with E-state index in [4.69, 9.17) is 0 Å². The fourth-order valence-electron chi connectivity index (χ4n) is 2.55. The minimum Gasteiger partial charge on any atom is -0.267 e. The zero-order valence-corrected chi connectivity index (χ0v) is 15.2. The highest BCUT2D eigenvalue weighted by Crippen LogP contribution is 2.13. The van der Waals surface area contributed by atoms with Crippen molar-refractivity contribution in [2.75, 3.05) is 0 Å². The molecular formula is C19H13N3OS2. The van der Waals surface area contributed by atoms with Gasteiger partial charge in [0.25, 0.3) is 5.56 Å². The number of benzene rings is 1. The van der Waals surface area contributed by atoms with Crippen LogP contribution in [-0.4, -0.2) is 4.57 Å². The predicted octanol–water partition coefficient (Wildman–Crippen LogP) is 2.60. The van der Waals surface area contributed by atoms with Crippen LogP contribution in [-0.2, 0) is 0 Å². The summed E-state index contributed by atoms with van der Waals surface area (Å²) in [5, 5.41) is 22.5. The Labute approximate surface area is 152 Å². The third-order valence-corrected chi connectivity index (χ3v) is 5.49. The molecule has 4 nitrogen and oxygen atoms in total. The minimum atomic E-state index is -0.221. The molecule has 0 amide bonds. The Kier molecular flexibility index (Phi) is 4.67. The van der Waals surface area contributed by atoms with Crippen LogP contribution >= 0.6 is 22.7 Å². The van der Waals surface area contributed by atoms with Crippen molar-refractivity contribution >= 4 is 34.3 Å². The van der Waals surface area contributed by atoms with E-state index in [0.717, 1.165) is 16.7 Å². The second kappa shape index (κ2) is 6.90. The lowest BCUT2D eigenvalue weighted by molar-refractivity contribution is 0.973. The zero-order chi connectivity index (χ0) is 18.0. The molecule has 25 heavy (non-hydrogen) atoms. The summed E-state index contributed by atoms with van der Waals surface area (Å²) in [5.41, 5.74) is 3.33. The van der Waals surface area contributed by atoms with E-state index in [0.29, 0.717) is 14.9 Å². The first-order valence-corrected chi connectivity index (χ1v) is 9.19. The van der Waals surface area contributed by atoms with E-state index in [9.17, 15) is 15.3 Å². The SMILES string of the molecule is Cc1ccc(-n2c(=C(C#N)C#N)s/c(=C/c3ccsc3)c2=O)c(C)c1. The molecule has 3 rings (SSSR count). The molecule has 2 heterocycles. The smallest absolute Gasteiger partial charge is 0.267 e. The second-order valence-electron chi connectivity index (χ2n) is 5.50. The number of rotatable bonds is 2. The summed E-state index contributed by atoms with van der Waals surface area (Å²) in [6, 6.07) is 11.5. The van der Waals surface area contributed by atoms with E-state index in [1.54, 1.807) is 17.4 Å². The van der Waals surface area contributed by atoms with Gasteiger partial charge in [0.15, 0.2) is 5.57 Å². The molecule has 0 unspecified atom stereocenters. The van der Waals surface area contributed by atoms with Crippen molar-refractivity contribution in [1.82, 2.24) is 4.57 Å². The van der Waals surface area contributed by atoms with Crippen molar-refractivity contribution in [1.29, 1.82) is 10.5 Å². The molecule has 0 saturated carbocycles. The fourth-order valence-corrected chi connectivity index (χ4v) is 4.22. The average Bonchev–Trinajstić information content (AvgIpc) is 3.19. The van der Waals surface area contributed by atoms with E-state index in [-0.39, 0.29) is 11.1 Å². The molecule has 0 atom stereocenters. The van der Waals surface area contributed by atoms with Crippen LogP contribution in [0.25, 0.3) is 17.3 Å². The summed E-state index contributed by atoms with van der Waals surface area (Å²) in [5.74, 6) is 0. The van der Waals surface area contributed by atoms with Gasteiger partial charge in [0, 0.05) is 0 Å². The molecule has 0 aliphatic heterocycles. The van der Waals surface area contributed by atoms with E-state index < -0.39 is 0 Å². The molecular weight excluding hydrogens is 350 g/mol. The lowest BCUT2D eigenvalue weighted by Crippen LogP contribution is -2.31. The van der Waals surface area contributed by atoms with E-state index >= 15 is 0 Å². The van der Waals surface area contributed by atoms with Crippen LogP contribution in [0, 0.1) is 36.5 Å². The summed E-state index contributed by atoms with van der Waals surface area (Å²) >= 11 is 2.71. The van der Waals surface area contributed by atoms with Crippen LogP contribution in [0.15, 0.2) is 39.8 Å². The highest BCUT2D eigenvalue weighted by atomic mass is 32.1. The van der Waals surface area contributed by atoms with Gasteiger partial charge in [-0.05, 0) is 53.9 Å². The maximum atomic E-state index is 13.0. The first kappa shape index (κ1) is 16.9. The summed E-state index contributed by atoms with van der Waals surface area (Å²) in [6.07, 6.45) is 1.79. The van der Waals surface area contributed by atoms with Gasteiger partial charge in [-0.1, -0.05) is 17.7 Å². The Bertz CT molecular complexity index is 1180. The van der Waals surface area contributed by atoms with E-state index in [2.05, 4.69) is 0 Å². The first-order chi connectivity index (χ1) is 12.0. The van der Waals surface area contributed by atoms with Crippen LogP contribution in [0.5, 0.6) is 0 Å². The van der Waals surface area contributed by atoms with E-state index in [1.807, 2.05) is 61.0 Å². The van der Waals surface area contributed by atoms with Crippen LogP contribution in [0.2, 0.25) is 0 Å². The van der Waals surface area contributed by atoms with Crippen molar-refractivity contribution in [3.8, 4) is 17.8 Å². The number of thiophene rings is 1. The Morgan fingerprint density at radius 3 is 2.56 bits per heavy atom. The maximum absolute atomic E-state index is 13.0. The Morgan fingerprint density at radius 1 is 1.20 bits per heavy atom. The van der Waals surface area contributed by atoms with Gasteiger partial charge >= 0.3 is 0 Å². The molecule has 0 saturated heterocycles. The number of hydrogen-bond acceptors (Lipinski definition) is 5. The van der Waals surface area contributed by atoms with Gasteiger partial charge in [-0.15, -0.1) is 11.3 Å². The van der Waals surface area contributed by atoms with Gasteiger partial charge in [-0.3, -0.25) is 9.36 Å². The third kappa shape index (κ3) is 3.18. The second-order valence-corrected chi connectivity index (χ2v) is 7.31. The van der Waals surface area contributed by atoms with Crippen LogP contribution in [0.3, 0.4) is 0 Å². The van der Waals surface area contributed by atoms with Gasteiger partial charge in [0.2, 0.25) is 0 Å². The Morgan fingerprint density at radius 2 is 1.96 bits per heavy atom. The number of thiazole rings is 1. The van der Waals surface area contributed by atoms with Crippen LogP contribution in [0.4, 0.5) is 0 Å². The number of aryl methyl sites for hydroxylation is 2. The third-order valence-electron chi connectivity index (χ3n) is 3.70. The molecule has 0 N–H and O–H groups in total. The monoisotopic (exact) mass is 363 g/mol. The molecule has 0 spiro atoms. The molecule has 0 bridgehead atoms. The predicted molar refractivity (Wildman–Crippen MR) is 101 cm³/mol. The van der Waals surface area contributed by atoms with Crippen molar-refractivity contribution < 1.29 is 0 Å². The number of aromatic nitrogens is 1. The molecule has 122 valence electrons. The molecule has 0 fully saturated rings. The highest BCUT2D eigenvalue weighted by Gasteiger charge is 2.13. The lowest BCUT2D eigenvalue weighted by atomic mass is 10.1. The molecule has 2 aromatic heterocycles. The van der Waals surface area contributed by atoms with Gasteiger partial charge in [-0.2, -0.15) is 21.9 Å². The maximum Gasteiger partial charge on any atom is 0.273 e. The minimum absolute atomic E-state index is 0.0629. The van der Waals surface area contributed by atoms with Crippen molar-refractivity contribution in [2.45, 2.75) is 13.8 Å². The van der Waals surface area contributed by atoms with Crippen LogP contribution < -0.4 is 14.8 Å². The summed E-state index contributed by atoms with van der Waals surface area (Å²) in [6.45, 7) is 3.89. The van der Waals surface area contributed by atoms with Crippen molar-refractivity contribution in [3.05, 3.63) is 71.3 Å². The van der Waals surface area contributed by atoms with Gasteiger partial charge in [-0.25, -0.2) is 0 Å². The summed E-state index contributed by atoms with van der Waals surface area (Å²) in [7, 11) is 0. The zero-order valence-electron chi connectivity index (χ0n) is 13.6. The lowest BCUT2D eigenvalue weighted by Gasteiger charge is -2.07. The Hall–Kier alpha value is -2.93. The number of nitriles is 2.